The topological polar surface area (TPSA) is 65.6 Å². The van der Waals surface area contributed by atoms with Crippen molar-refractivity contribution in [3.8, 4) is 5.69 Å². The zero-order valence-electron chi connectivity index (χ0n) is 17.3. The number of hydrogen-bond donors (Lipinski definition) is 0. The molecule has 156 valence electrons. The molecule has 0 fully saturated rings. The van der Waals surface area contributed by atoms with Crippen LogP contribution in [0, 0.1) is 3.57 Å². The number of hydrogen-bond acceptors (Lipinski definition) is 4. The number of aryl methyl sites for hydroxylation is 1. The highest BCUT2D eigenvalue weighted by Crippen LogP contribution is 2.28. The monoisotopic (exact) mass is 523 g/mol. The number of rotatable bonds is 6. The average molecular weight is 523 g/mol. The maximum absolute atomic E-state index is 13.5. The van der Waals surface area contributed by atoms with Crippen molar-refractivity contribution < 1.29 is 0 Å². The highest BCUT2D eigenvalue weighted by molar-refractivity contribution is 14.1. The van der Waals surface area contributed by atoms with Crippen molar-refractivity contribution in [3.63, 3.8) is 0 Å². The fraction of sp³-hybridized carbons (Fsp3) is 0.250. The minimum absolute atomic E-state index is 0.0551. The maximum Gasteiger partial charge on any atom is 0.265 e. The second kappa shape index (κ2) is 8.37. The van der Waals surface area contributed by atoms with Crippen molar-refractivity contribution in [2.24, 2.45) is 0 Å². The molecule has 0 aliphatic rings. The zero-order valence-corrected chi connectivity index (χ0v) is 19.4. The second-order valence-electron chi connectivity index (χ2n) is 7.70. The van der Waals surface area contributed by atoms with Gasteiger partial charge in [0, 0.05) is 10.1 Å². The maximum atomic E-state index is 13.5. The Balaban J connectivity index is 1.81. The van der Waals surface area contributed by atoms with Gasteiger partial charge in [-0.05, 0) is 59.3 Å². The van der Waals surface area contributed by atoms with Gasteiger partial charge in [-0.2, -0.15) is 0 Å². The Morgan fingerprint density at radius 1 is 0.935 bits per heavy atom. The summed E-state index contributed by atoms with van der Waals surface area (Å²) in [4.78, 5) is 27.9. The van der Waals surface area contributed by atoms with Gasteiger partial charge < -0.3 is 0 Å². The van der Waals surface area contributed by atoms with E-state index in [0.29, 0.717) is 28.7 Å². The third-order valence-electron chi connectivity index (χ3n) is 5.55. The van der Waals surface area contributed by atoms with E-state index in [1.807, 2.05) is 47.0 Å². The summed E-state index contributed by atoms with van der Waals surface area (Å²) in [6.07, 6.45) is 6.08. The Kier molecular flexibility index (Phi) is 5.43. The van der Waals surface area contributed by atoms with Crippen LogP contribution in [0.4, 0.5) is 0 Å². The van der Waals surface area contributed by atoms with Crippen molar-refractivity contribution in [1.29, 1.82) is 0 Å². The molecule has 0 bridgehead atoms. The predicted molar refractivity (Wildman–Crippen MR) is 133 cm³/mol. The molecule has 0 saturated heterocycles. The fourth-order valence-corrected chi connectivity index (χ4v) is 4.53. The number of nitrogens with zero attached hydrogens (tertiary/aromatic N) is 5. The van der Waals surface area contributed by atoms with Gasteiger partial charge in [0.2, 0.25) is 0 Å². The molecule has 5 rings (SSSR count). The first-order valence-corrected chi connectivity index (χ1v) is 11.7. The van der Waals surface area contributed by atoms with Gasteiger partial charge in [-0.1, -0.05) is 44.4 Å². The summed E-state index contributed by atoms with van der Waals surface area (Å²) in [5.74, 6) is 0. The lowest BCUT2D eigenvalue weighted by atomic mass is 10.2. The number of aromatic nitrogens is 5. The molecule has 0 spiro atoms. The number of fused-ring (bicyclic) bond motifs is 4. The van der Waals surface area contributed by atoms with E-state index in [0.717, 1.165) is 39.6 Å². The Morgan fingerprint density at radius 2 is 1.74 bits per heavy atom. The fourth-order valence-electron chi connectivity index (χ4n) is 4.00. The van der Waals surface area contributed by atoms with Gasteiger partial charge in [0.05, 0.1) is 23.0 Å². The molecule has 0 radical (unpaired) electrons. The van der Waals surface area contributed by atoms with Crippen LogP contribution in [0.3, 0.4) is 0 Å². The molecule has 0 amide bonds. The Bertz CT molecular complexity index is 1470. The van der Waals surface area contributed by atoms with Crippen LogP contribution in [0.5, 0.6) is 0 Å². The van der Waals surface area contributed by atoms with Crippen LogP contribution in [0.1, 0.15) is 32.6 Å². The predicted octanol–water partition coefficient (Wildman–Crippen LogP) is 5.47. The van der Waals surface area contributed by atoms with E-state index in [1.165, 1.54) is 6.42 Å². The molecular formula is C24H22IN5O. The van der Waals surface area contributed by atoms with Crippen molar-refractivity contribution in [2.75, 3.05) is 0 Å². The van der Waals surface area contributed by atoms with Gasteiger partial charge in [-0.25, -0.2) is 15.0 Å². The molecule has 0 N–H and O–H groups in total. The Labute approximate surface area is 193 Å². The normalized spacial score (nSPS) is 11.7. The van der Waals surface area contributed by atoms with Gasteiger partial charge in [-0.3, -0.25) is 13.9 Å². The largest absolute Gasteiger partial charge is 0.299 e. The smallest absolute Gasteiger partial charge is 0.265 e. The number of halogens is 1. The summed E-state index contributed by atoms with van der Waals surface area (Å²) in [6.45, 7) is 2.85. The molecule has 3 heterocycles. The van der Waals surface area contributed by atoms with Crippen molar-refractivity contribution in [2.45, 2.75) is 39.2 Å². The van der Waals surface area contributed by atoms with Gasteiger partial charge in [0.25, 0.3) is 5.56 Å². The Hall–Kier alpha value is -2.81. The third-order valence-corrected chi connectivity index (χ3v) is 6.22. The molecule has 5 aromatic rings. The summed E-state index contributed by atoms with van der Waals surface area (Å²) in [5, 5.41) is 0.533. The van der Waals surface area contributed by atoms with Crippen LogP contribution in [0.25, 0.3) is 38.9 Å². The molecule has 2 aromatic carbocycles. The molecule has 6 nitrogen and oxygen atoms in total. The quantitative estimate of drug-likeness (QED) is 0.219. The van der Waals surface area contributed by atoms with Crippen LogP contribution in [-0.2, 0) is 6.54 Å². The van der Waals surface area contributed by atoms with E-state index >= 15 is 0 Å². The molecule has 3 aromatic heterocycles. The van der Waals surface area contributed by atoms with Gasteiger partial charge >= 0.3 is 0 Å². The van der Waals surface area contributed by atoms with E-state index in [9.17, 15) is 4.79 Å². The van der Waals surface area contributed by atoms with Crippen LogP contribution >= 0.6 is 22.6 Å². The SMILES string of the molecule is CCCCCCn1cnc2c(c1=O)c1nc3ccccc3nc1n2-c1cccc(I)c1. The lowest BCUT2D eigenvalue weighted by molar-refractivity contribution is 0.567. The average Bonchev–Trinajstić information content (AvgIpc) is 3.10. The lowest BCUT2D eigenvalue weighted by Gasteiger charge is -2.08. The minimum atomic E-state index is -0.0551. The zero-order chi connectivity index (χ0) is 21.4. The van der Waals surface area contributed by atoms with Crippen LogP contribution in [0.15, 0.2) is 59.7 Å². The first kappa shape index (κ1) is 20.1. The van der Waals surface area contributed by atoms with Gasteiger partial charge in [0.1, 0.15) is 10.9 Å². The van der Waals surface area contributed by atoms with Crippen molar-refractivity contribution >= 4 is 55.8 Å². The second-order valence-corrected chi connectivity index (χ2v) is 8.95. The molecule has 31 heavy (non-hydrogen) atoms. The summed E-state index contributed by atoms with van der Waals surface area (Å²) in [6, 6.07) is 15.9. The molecule has 0 atom stereocenters. The lowest BCUT2D eigenvalue weighted by Crippen LogP contribution is -2.20. The van der Waals surface area contributed by atoms with Gasteiger partial charge in [-0.15, -0.1) is 0 Å². The summed E-state index contributed by atoms with van der Waals surface area (Å²) in [7, 11) is 0. The first-order chi connectivity index (χ1) is 15.2. The number of benzene rings is 2. The van der Waals surface area contributed by atoms with E-state index < -0.39 is 0 Å². The molecule has 7 heteroatoms. The number of unbranched alkanes of at least 4 members (excludes halogenated alkanes) is 3. The first-order valence-electron chi connectivity index (χ1n) is 10.6. The summed E-state index contributed by atoms with van der Waals surface area (Å²) in [5.41, 5.74) is 4.29. The van der Waals surface area contributed by atoms with E-state index in [1.54, 1.807) is 10.9 Å². The third kappa shape index (κ3) is 3.60. The minimum Gasteiger partial charge on any atom is -0.299 e. The van der Waals surface area contributed by atoms with Crippen LogP contribution in [0.2, 0.25) is 0 Å². The van der Waals surface area contributed by atoms with Crippen LogP contribution < -0.4 is 5.56 Å². The van der Waals surface area contributed by atoms with E-state index in [4.69, 9.17) is 15.0 Å². The van der Waals surface area contributed by atoms with Gasteiger partial charge in [0.15, 0.2) is 11.3 Å². The molecule has 0 aliphatic carbocycles. The van der Waals surface area contributed by atoms with E-state index in [2.05, 4.69) is 35.6 Å². The Morgan fingerprint density at radius 3 is 2.52 bits per heavy atom. The molecule has 0 aliphatic heterocycles. The van der Waals surface area contributed by atoms with Crippen molar-refractivity contribution in [1.82, 2.24) is 24.1 Å². The van der Waals surface area contributed by atoms with E-state index in [-0.39, 0.29) is 5.56 Å². The van der Waals surface area contributed by atoms with Crippen LogP contribution in [-0.4, -0.2) is 24.1 Å². The summed E-state index contributed by atoms with van der Waals surface area (Å²) >= 11 is 2.29. The summed E-state index contributed by atoms with van der Waals surface area (Å²) < 4.78 is 4.77. The molecular weight excluding hydrogens is 501 g/mol. The molecule has 0 unspecified atom stereocenters. The molecule has 0 saturated carbocycles. The highest BCUT2D eigenvalue weighted by Gasteiger charge is 2.20. The van der Waals surface area contributed by atoms with Crippen molar-refractivity contribution in [3.05, 3.63) is 68.8 Å². The number of para-hydroxylation sites is 2. The standard InChI is InChI=1S/C24H22IN5O/c1-2-3-4-7-13-29-15-26-22-20(24(29)31)21-23(28-19-12-6-5-11-18(19)27-21)30(22)17-10-8-9-16(25)14-17/h5-6,8-12,14-15H,2-4,7,13H2,1H3. The highest BCUT2D eigenvalue weighted by atomic mass is 127.